The molecule has 0 saturated heterocycles. The first-order valence-electron chi connectivity index (χ1n) is 3.80. The van der Waals surface area contributed by atoms with Crippen molar-refractivity contribution in [1.82, 2.24) is 4.90 Å². The standard InChI is InChI=1S/C9H19N.W/c1-6-10(7-2)8-9(3,4)5;/h1-2,6-8H2,3-5H3;/q-2;+2. The van der Waals surface area contributed by atoms with E-state index in [4.69, 9.17) is 0 Å². The molecule has 0 spiro atoms. The maximum atomic E-state index is 3.83. The maximum Gasteiger partial charge on any atom is 2.00 e. The monoisotopic (exact) mass is 325 g/mol. The van der Waals surface area contributed by atoms with E-state index in [1.165, 1.54) is 0 Å². The molecule has 0 bridgehead atoms. The summed E-state index contributed by atoms with van der Waals surface area (Å²) in [5, 5.41) is 0. The zero-order valence-corrected chi connectivity index (χ0v) is 10.8. The summed E-state index contributed by atoms with van der Waals surface area (Å²) in [6.45, 7) is 17.1. The van der Waals surface area contributed by atoms with E-state index in [0.717, 1.165) is 19.6 Å². The molecule has 0 aliphatic heterocycles. The van der Waals surface area contributed by atoms with Gasteiger partial charge >= 0.3 is 21.1 Å². The number of hydrogen-bond donors (Lipinski definition) is 0. The molecule has 0 amide bonds. The van der Waals surface area contributed by atoms with Gasteiger partial charge in [-0.3, -0.25) is 0 Å². The first kappa shape index (κ1) is 14.2. The summed E-state index contributed by atoms with van der Waals surface area (Å²) in [5.74, 6) is 0. The van der Waals surface area contributed by atoms with Crippen molar-refractivity contribution in [3.63, 3.8) is 0 Å². The van der Waals surface area contributed by atoms with Gasteiger partial charge in [-0.1, -0.05) is 20.8 Å². The Labute approximate surface area is 85.8 Å². The van der Waals surface area contributed by atoms with Crippen LogP contribution in [0.25, 0.3) is 0 Å². The van der Waals surface area contributed by atoms with Crippen molar-refractivity contribution >= 4 is 0 Å². The molecule has 1 nitrogen and oxygen atoms in total. The first-order valence-corrected chi connectivity index (χ1v) is 3.80. The quantitative estimate of drug-likeness (QED) is 0.718. The molecule has 0 heterocycles. The van der Waals surface area contributed by atoms with Crippen molar-refractivity contribution in [2.45, 2.75) is 20.8 Å². The van der Waals surface area contributed by atoms with Crippen LogP contribution in [0, 0.1) is 19.3 Å². The molecule has 0 atom stereocenters. The Balaban J connectivity index is 0. The molecule has 0 N–H and O–H groups in total. The van der Waals surface area contributed by atoms with Crippen LogP contribution in [-0.2, 0) is 21.1 Å². The summed E-state index contributed by atoms with van der Waals surface area (Å²) in [4.78, 5) is 2.24. The fourth-order valence-corrected chi connectivity index (χ4v) is 0.941. The first-order chi connectivity index (χ1) is 4.49. The smallest absolute Gasteiger partial charge is 0.362 e. The third-order valence-electron chi connectivity index (χ3n) is 1.33. The zero-order valence-electron chi connectivity index (χ0n) is 7.89. The third kappa shape index (κ3) is 8.56. The molecule has 0 unspecified atom stereocenters. The summed E-state index contributed by atoms with van der Waals surface area (Å²) in [7, 11) is 0. The van der Waals surface area contributed by atoms with Crippen molar-refractivity contribution in [3.05, 3.63) is 13.8 Å². The second-order valence-electron chi connectivity index (χ2n) is 3.84. The van der Waals surface area contributed by atoms with Gasteiger partial charge in [-0.05, 0) is 12.0 Å². The average molecular weight is 325 g/mol. The minimum Gasteiger partial charge on any atom is -0.362 e. The maximum absolute atomic E-state index is 3.83. The molecule has 0 radical (unpaired) electrons. The summed E-state index contributed by atoms with van der Waals surface area (Å²) in [6, 6.07) is 0. The van der Waals surface area contributed by atoms with Crippen molar-refractivity contribution in [3.8, 4) is 0 Å². The topological polar surface area (TPSA) is 3.24 Å². The number of rotatable bonds is 3. The third-order valence-corrected chi connectivity index (χ3v) is 1.33. The summed E-state index contributed by atoms with van der Waals surface area (Å²) in [5.41, 5.74) is 0.370. The molecule has 66 valence electrons. The van der Waals surface area contributed by atoms with Crippen LogP contribution >= 0.6 is 0 Å². The van der Waals surface area contributed by atoms with Crippen LogP contribution in [0.5, 0.6) is 0 Å². The van der Waals surface area contributed by atoms with Gasteiger partial charge in [0.2, 0.25) is 0 Å². The Bertz CT molecular complexity index is 82.1. The molecule has 11 heavy (non-hydrogen) atoms. The van der Waals surface area contributed by atoms with Gasteiger partial charge < -0.3 is 18.7 Å². The number of nitrogens with zero attached hydrogens (tertiary/aromatic N) is 1. The van der Waals surface area contributed by atoms with Gasteiger partial charge in [-0.25, -0.2) is 0 Å². The van der Waals surface area contributed by atoms with Gasteiger partial charge in [0.1, 0.15) is 0 Å². The van der Waals surface area contributed by atoms with Crippen molar-refractivity contribution in [1.29, 1.82) is 0 Å². The Morgan fingerprint density at radius 3 is 1.55 bits per heavy atom. The minimum atomic E-state index is 0. The zero-order chi connectivity index (χ0) is 8.20. The molecule has 0 rings (SSSR count). The summed E-state index contributed by atoms with van der Waals surface area (Å²) < 4.78 is 0. The van der Waals surface area contributed by atoms with Gasteiger partial charge in [0.25, 0.3) is 0 Å². The van der Waals surface area contributed by atoms with Gasteiger partial charge in [0.15, 0.2) is 0 Å². The predicted octanol–water partition coefficient (Wildman–Crippen LogP) is 2.00. The van der Waals surface area contributed by atoms with Crippen LogP contribution in [0.3, 0.4) is 0 Å². The molecule has 2 heteroatoms. The molecule has 0 aromatic rings. The van der Waals surface area contributed by atoms with Crippen molar-refractivity contribution in [2.75, 3.05) is 19.6 Å². The van der Waals surface area contributed by atoms with Crippen molar-refractivity contribution in [2.24, 2.45) is 5.41 Å². The van der Waals surface area contributed by atoms with Crippen LogP contribution in [-0.4, -0.2) is 24.5 Å². The van der Waals surface area contributed by atoms with Crippen LogP contribution in [0.2, 0.25) is 0 Å². The van der Waals surface area contributed by atoms with Gasteiger partial charge in [-0.15, -0.1) is 13.1 Å². The van der Waals surface area contributed by atoms with Gasteiger partial charge in [0, 0.05) is 0 Å². The molecule has 0 saturated carbocycles. The van der Waals surface area contributed by atoms with E-state index >= 15 is 0 Å². The van der Waals surface area contributed by atoms with E-state index < -0.39 is 0 Å². The SMILES string of the molecule is [CH2-]CN(C[CH2-])CC(C)(C)C.[W+2]. The molecule has 0 aromatic carbocycles. The van der Waals surface area contributed by atoms with Crippen LogP contribution in [0.4, 0.5) is 0 Å². The van der Waals surface area contributed by atoms with Gasteiger partial charge in [0.05, 0.1) is 0 Å². The predicted molar refractivity (Wildman–Crippen MR) is 46.6 cm³/mol. The van der Waals surface area contributed by atoms with E-state index in [1.807, 2.05) is 0 Å². The second-order valence-corrected chi connectivity index (χ2v) is 3.84. The summed E-state index contributed by atoms with van der Waals surface area (Å²) >= 11 is 0. The van der Waals surface area contributed by atoms with E-state index in [2.05, 4.69) is 39.5 Å². The number of hydrogen-bond acceptors (Lipinski definition) is 1. The molecule has 0 aliphatic rings. The largest absolute Gasteiger partial charge is 2.00 e. The van der Waals surface area contributed by atoms with Gasteiger partial charge in [-0.2, -0.15) is 0 Å². The van der Waals surface area contributed by atoms with Crippen LogP contribution < -0.4 is 0 Å². The average Bonchev–Trinajstić information content (AvgIpc) is 1.81. The van der Waals surface area contributed by atoms with Crippen molar-refractivity contribution < 1.29 is 21.1 Å². The molecular weight excluding hydrogens is 306 g/mol. The van der Waals surface area contributed by atoms with Crippen LogP contribution in [0.15, 0.2) is 0 Å². The molecule has 0 aliphatic carbocycles. The molecular formula is C9H19NW. The van der Waals surface area contributed by atoms with E-state index in [1.54, 1.807) is 0 Å². The van der Waals surface area contributed by atoms with E-state index in [0.29, 0.717) is 5.41 Å². The molecule has 0 fully saturated rings. The molecule has 0 aromatic heterocycles. The Morgan fingerprint density at radius 2 is 1.45 bits per heavy atom. The fraction of sp³-hybridized carbons (Fsp3) is 0.778. The normalized spacial score (nSPS) is 11.5. The van der Waals surface area contributed by atoms with E-state index in [9.17, 15) is 0 Å². The van der Waals surface area contributed by atoms with Crippen LogP contribution in [0.1, 0.15) is 20.8 Å². The Morgan fingerprint density at radius 1 is 1.09 bits per heavy atom. The summed E-state index contributed by atoms with van der Waals surface area (Å²) in [6.07, 6.45) is 0. The Kier molecular flexibility index (Phi) is 7.99. The minimum absolute atomic E-state index is 0. The second kappa shape index (κ2) is 6.20. The fourth-order valence-electron chi connectivity index (χ4n) is 0.941. The Hall–Kier alpha value is 0.648. The van der Waals surface area contributed by atoms with E-state index in [-0.39, 0.29) is 21.1 Å².